The number of esters is 1. The zero-order chi connectivity index (χ0) is 16.3. The normalized spacial score (nSPS) is 12.2. The van der Waals surface area contributed by atoms with Crippen LogP contribution in [-0.2, 0) is 22.5 Å². The van der Waals surface area contributed by atoms with E-state index < -0.39 is 0 Å². The summed E-state index contributed by atoms with van der Waals surface area (Å²) in [6.45, 7) is 2.95. The van der Waals surface area contributed by atoms with Crippen LogP contribution < -0.4 is 5.32 Å². The maximum absolute atomic E-state index is 11.5. The molecule has 2 aromatic carbocycles. The molecule has 0 aliphatic heterocycles. The van der Waals surface area contributed by atoms with Gasteiger partial charge in [-0.3, -0.25) is 0 Å². The van der Waals surface area contributed by atoms with E-state index in [-0.39, 0.29) is 12.0 Å². The van der Waals surface area contributed by atoms with E-state index in [1.165, 1.54) is 17.2 Å². The monoisotopic (exact) mass is 309 g/mol. The average Bonchev–Trinajstić information content (AvgIpc) is 2.59. The minimum atomic E-state index is -0.299. The fourth-order valence-corrected chi connectivity index (χ4v) is 2.31. The van der Waals surface area contributed by atoms with Gasteiger partial charge < -0.3 is 10.1 Å². The van der Waals surface area contributed by atoms with Crippen LogP contribution in [-0.4, -0.2) is 18.6 Å². The topological polar surface area (TPSA) is 38.3 Å². The SMILES string of the molecule is CCOC(=O)/C=C/C(Cc1ccccc1)NCc1ccccc1. The number of benzene rings is 2. The summed E-state index contributed by atoms with van der Waals surface area (Å²) in [5, 5.41) is 3.49. The Labute approximate surface area is 138 Å². The Hall–Kier alpha value is -2.39. The predicted molar refractivity (Wildman–Crippen MR) is 93.0 cm³/mol. The van der Waals surface area contributed by atoms with Crippen molar-refractivity contribution in [3.8, 4) is 0 Å². The molecule has 0 saturated carbocycles. The van der Waals surface area contributed by atoms with Crippen LogP contribution in [0.3, 0.4) is 0 Å². The Morgan fingerprint density at radius 2 is 1.65 bits per heavy atom. The zero-order valence-corrected chi connectivity index (χ0v) is 13.4. The van der Waals surface area contributed by atoms with Gasteiger partial charge >= 0.3 is 5.97 Å². The largest absolute Gasteiger partial charge is 0.463 e. The minimum Gasteiger partial charge on any atom is -0.463 e. The van der Waals surface area contributed by atoms with Gasteiger partial charge in [0, 0.05) is 18.7 Å². The molecule has 3 heteroatoms. The summed E-state index contributed by atoms with van der Waals surface area (Å²) in [6.07, 6.45) is 4.21. The Morgan fingerprint density at radius 3 is 2.26 bits per heavy atom. The second-order valence-corrected chi connectivity index (χ2v) is 5.27. The maximum Gasteiger partial charge on any atom is 0.330 e. The van der Waals surface area contributed by atoms with Crippen molar-refractivity contribution in [2.45, 2.75) is 25.9 Å². The standard InChI is InChI=1S/C20H23NO2/c1-2-23-20(22)14-13-19(15-17-9-5-3-6-10-17)21-16-18-11-7-4-8-12-18/h3-14,19,21H,2,15-16H2,1H3/b14-13+. The molecule has 120 valence electrons. The lowest BCUT2D eigenvalue weighted by molar-refractivity contribution is -0.137. The summed E-state index contributed by atoms with van der Waals surface area (Å²) >= 11 is 0. The molecule has 1 atom stereocenters. The highest BCUT2D eigenvalue weighted by molar-refractivity contribution is 5.82. The smallest absolute Gasteiger partial charge is 0.330 e. The van der Waals surface area contributed by atoms with E-state index in [0.29, 0.717) is 6.61 Å². The third-order valence-electron chi connectivity index (χ3n) is 3.46. The molecule has 0 aromatic heterocycles. The molecule has 23 heavy (non-hydrogen) atoms. The number of carbonyl (C=O) groups excluding carboxylic acids is 1. The van der Waals surface area contributed by atoms with Crippen molar-refractivity contribution in [1.29, 1.82) is 0 Å². The number of hydrogen-bond acceptors (Lipinski definition) is 3. The highest BCUT2D eigenvalue weighted by Crippen LogP contribution is 2.06. The van der Waals surface area contributed by atoms with E-state index in [1.807, 2.05) is 42.5 Å². The van der Waals surface area contributed by atoms with E-state index in [2.05, 4.69) is 29.6 Å². The predicted octanol–water partition coefficient (Wildman–Crippen LogP) is 3.51. The number of rotatable bonds is 8. The molecule has 0 amide bonds. The first-order chi connectivity index (χ1) is 11.3. The van der Waals surface area contributed by atoms with E-state index in [4.69, 9.17) is 4.74 Å². The van der Waals surface area contributed by atoms with Gasteiger partial charge in [0.2, 0.25) is 0 Å². The van der Waals surface area contributed by atoms with Crippen LogP contribution in [0.2, 0.25) is 0 Å². The highest BCUT2D eigenvalue weighted by atomic mass is 16.5. The maximum atomic E-state index is 11.5. The summed E-state index contributed by atoms with van der Waals surface area (Å²) in [5.41, 5.74) is 2.45. The first-order valence-corrected chi connectivity index (χ1v) is 7.94. The van der Waals surface area contributed by atoms with Gasteiger partial charge in [0.05, 0.1) is 6.61 Å². The van der Waals surface area contributed by atoms with Gasteiger partial charge in [0.1, 0.15) is 0 Å². The van der Waals surface area contributed by atoms with Gasteiger partial charge in [-0.15, -0.1) is 0 Å². The van der Waals surface area contributed by atoms with Crippen molar-refractivity contribution >= 4 is 5.97 Å². The lowest BCUT2D eigenvalue weighted by Gasteiger charge is -2.15. The Morgan fingerprint density at radius 1 is 1.04 bits per heavy atom. The van der Waals surface area contributed by atoms with Crippen LogP contribution in [0.15, 0.2) is 72.8 Å². The number of hydrogen-bond donors (Lipinski definition) is 1. The Bertz CT molecular complexity index is 608. The molecule has 2 rings (SSSR count). The second-order valence-electron chi connectivity index (χ2n) is 5.27. The molecular formula is C20H23NO2. The fraction of sp³-hybridized carbons (Fsp3) is 0.250. The average molecular weight is 309 g/mol. The van der Waals surface area contributed by atoms with Crippen LogP contribution in [0.5, 0.6) is 0 Å². The van der Waals surface area contributed by atoms with Crippen LogP contribution in [0.4, 0.5) is 0 Å². The van der Waals surface area contributed by atoms with Crippen molar-refractivity contribution in [2.75, 3.05) is 6.61 Å². The highest BCUT2D eigenvalue weighted by Gasteiger charge is 2.07. The Kier molecular flexibility index (Phi) is 7.08. The molecule has 0 bridgehead atoms. The van der Waals surface area contributed by atoms with Crippen LogP contribution in [0, 0.1) is 0 Å². The lowest BCUT2D eigenvalue weighted by Crippen LogP contribution is -2.29. The molecular weight excluding hydrogens is 286 g/mol. The van der Waals surface area contributed by atoms with Crippen LogP contribution in [0.25, 0.3) is 0 Å². The molecule has 2 aromatic rings. The summed E-state index contributed by atoms with van der Waals surface area (Å²) in [6, 6.07) is 20.5. The summed E-state index contributed by atoms with van der Waals surface area (Å²) < 4.78 is 4.95. The number of carbonyl (C=O) groups is 1. The zero-order valence-electron chi connectivity index (χ0n) is 13.4. The molecule has 3 nitrogen and oxygen atoms in total. The van der Waals surface area contributed by atoms with Gasteiger partial charge in [-0.25, -0.2) is 4.79 Å². The van der Waals surface area contributed by atoms with Crippen molar-refractivity contribution in [1.82, 2.24) is 5.32 Å². The van der Waals surface area contributed by atoms with Gasteiger partial charge in [-0.1, -0.05) is 66.7 Å². The van der Waals surface area contributed by atoms with Gasteiger partial charge in [-0.05, 0) is 24.5 Å². The molecule has 0 aliphatic rings. The summed E-state index contributed by atoms with van der Waals surface area (Å²) in [7, 11) is 0. The third-order valence-corrected chi connectivity index (χ3v) is 3.46. The number of ether oxygens (including phenoxy) is 1. The van der Waals surface area contributed by atoms with Crippen molar-refractivity contribution in [2.24, 2.45) is 0 Å². The fourth-order valence-electron chi connectivity index (χ4n) is 2.31. The third kappa shape index (κ3) is 6.49. The molecule has 1 unspecified atom stereocenters. The van der Waals surface area contributed by atoms with Crippen LogP contribution >= 0.6 is 0 Å². The lowest BCUT2D eigenvalue weighted by atomic mass is 10.0. The molecule has 0 fully saturated rings. The molecule has 0 aliphatic carbocycles. The number of nitrogens with one attached hydrogen (secondary N) is 1. The molecule has 0 radical (unpaired) electrons. The van der Waals surface area contributed by atoms with Crippen molar-refractivity contribution in [3.63, 3.8) is 0 Å². The minimum absolute atomic E-state index is 0.0713. The molecule has 0 spiro atoms. The Balaban J connectivity index is 1.99. The van der Waals surface area contributed by atoms with E-state index in [0.717, 1.165) is 13.0 Å². The first-order valence-electron chi connectivity index (χ1n) is 7.94. The van der Waals surface area contributed by atoms with Gasteiger partial charge in [-0.2, -0.15) is 0 Å². The molecule has 0 heterocycles. The van der Waals surface area contributed by atoms with E-state index >= 15 is 0 Å². The summed E-state index contributed by atoms with van der Waals surface area (Å²) in [5.74, 6) is -0.299. The van der Waals surface area contributed by atoms with E-state index in [1.54, 1.807) is 6.92 Å². The van der Waals surface area contributed by atoms with Crippen molar-refractivity contribution in [3.05, 3.63) is 83.9 Å². The molecule has 1 N–H and O–H groups in total. The van der Waals surface area contributed by atoms with Crippen molar-refractivity contribution < 1.29 is 9.53 Å². The quantitative estimate of drug-likeness (QED) is 0.599. The van der Waals surface area contributed by atoms with E-state index in [9.17, 15) is 4.79 Å². The van der Waals surface area contributed by atoms with Gasteiger partial charge in [0.25, 0.3) is 0 Å². The molecule has 0 saturated heterocycles. The first kappa shape index (κ1) is 17.0. The second kappa shape index (κ2) is 9.59. The van der Waals surface area contributed by atoms with Gasteiger partial charge in [0.15, 0.2) is 0 Å². The summed E-state index contributed by atoms with van der Waals surface area (Å²) in [4.78, 5) is 11.5. The van der Waals surface area contributed by atoms with Crippen LogP contribution in [0.1, 0.15) is 18.1 Å².